The molecule has 94 valence electrons. The van der Waals surface area contributed by atoms with E-state index in [1.54, 1.807) is 23.5 Å². The van der Waals surface area contributed by atoms with Crippen LogP contribution in [0.1, 0.15) is 33.1 Å². The van der Waals surface area contributed by atoms with Crippen molar-refractivity contribution in [2.24, 2.45) is 0 Å². The fraction of sp³-hybridized carbons (Fsp3) is 0.214. The van der Waals surface area contributed by atoms with Crippen molar-refractivity contribution in [1.82, 2.24) is 5.32 Å². The van der Waals surface area contributed by atoms with Gasteiger partial charge in [-0.15, -0.1) is 24.0 Å². The van der Waals surface area contributed by atoms with Crippen LogP contribution in [0.25, 0.3) is 0 Å². The highest BCUT2D eigenvalue weighted by molar-refractivity contribution is 7.80. The number of hydrogen-bond donors (Lipinski definition) is 2. The molecular formula is C14H15NOS2. The molecule has 0 saturated carbocycles. The summed E-state index contributed by atoms with van der Waals surface area (Å²) in [5.74, 6) is -0.0653. The number of rotatable bonds is 3. The predicted molar refractivity (Wildman–Crippen MR) is 78.6 cm³/mol. The summed E-state index contributed by atoms with van der Waals surface area (Å²) in [6, 6.07) is 11.4. The zero-order valence-electron chi connectivity index (χ0n) is 10.3. The molecule has 1 atom stereocenters. The van der Waals surface area contributed by atoms with Crippen molar-refractivity contribution < 1.29 is 4.79 Å². The molecule has 1 aromatic heterocycles. The van der Waals surface area contributed by atoms with E-state index in [0.29, 0.717) is 5.56 Å². The molecule has 0 radical (unpaired) electrons. The molecule has 0 saturated heterocycles. The Morgan fingerprint density at radius 3 is 2.72 bits per heavy atom. The lowest BCUT2D eigenvalue weighted by atomic mass is 10.2. The van der Waals surface area contributed by atoms with E-state index in [1.807, 2.05) is 19.1 Å². The fourth-order valence-electron chi connectivity index (χ4n) is 1.68. The number of thiophene rings is 1. The van der Waals surface area contributed by atoms with Crippen LogP contribution in [0.4, 0.5) is 0 Å². The third-order valence-electron chi connectivity index (χ3n) is 2.64. The van der Waals surface area contributed by atoms with E-state index < -0.39 is 0 Å². The fourth-order valence-corrected chi connectivity index (χ4v) is 2.79. The van der Waals surface area contributed by atoms with Crippen LogP contribution >= 0.6 is 24.0 Å². The maximum absolute atomic E-state index is 12.0. The van der Waals surface area contributed by atoms with Crippen LogP contribution in [0.2, 0.25) is 0 Å². The molecule has 1 N–H and O–H groups in total. The molecule has 0 spiro atoms. The minimum Gasteiger partial charge on any atom is -0.345 e. The first-order valence-corrected chi connectivity index (χ1v) is 6.99. The molecule has 0 aliphatic carbocycles. The molecule has 1 amide bonds. The van der Waals surface area contributed by atoms with Crippen molar-refractivity contribution in [1.29, 1.82) is 0 Å². The molecule has 4 heteroatoms. The third-order valence-corrected chi connectivity index (χ3v) is 4.11. The highest BCUT2D eigenvalue weighted by atomic mass is 32.1. The van der Waals surface area contributed by atoms with E-state index in [1.165, 1.54) is 9.75 Å². The van der Waals surface area contributed by atoms with Gasteiger partial charge in [0.05, 0.1) is 6.04 Å². The number of benzene rings is 1. The molecule has 1 heterocycles. The number of carbonyl (C=O) groups is 1. The minimum absolute atomic E-state index is 0.0276. The van der Waals surface area contributed by atoms with Gasteiger partial charge < -0.3 is 5.32 Å². The number of carbonyl (C=O) groups excluding carboxylic acids is 1. The van der Waals surface area contributed by atoms with Gasteiger partial charge in [-0.3, -0.25) is 4.79 Å². The quantitative estimate of drug-likeness (QED) is 0.820. The van der Waals surface area contributed by atoms with Crippen LogP contribution < -0.4 is 5.32 Å². The molecule has 0 aliphatic rings. The number of amides is 1. The Morgan fingerprint density at radius 1 is 1.33 bits per heavy atom. The van der Waals surface area contributed by atoms with Crippen LogP contribution in [0.15, 0.2) is 41.3 Å². The number of aryl methyl sites for hydroxylation is 1. The monoisotopic (exact) mass is 277 g/mol. The van der Waals surface area contributed by atoms with Gasteiger partial charge in [-0.05, 0) is 44.2 Å². The first-order valence-electron chi connectivity index (χ1n) is 5.72. The average Bonchev–Trinajstić information content (AvgIpc) is 2.76. The van der Waals surface area contributed by atoms with Crippen molar-refractivity contribution in [2.45, 2.75) is 24.8 Å². The van der Waals surface area contributed by atoms with E-state index >= 15 is 0 Å². The van der Waals surface area contributed by atoms with E-state index in [9.17, 15) is 4.79 Å². The zero-order valence-corrected chi connectivity index (χ0v) is 12.0. The van der Waals surface area contributed by atoms with Crippen LogP contribution in [0.5, 0.6) is 0 Å². The molecule has 2 aromatic rings. The standard InChI is InChI=1S/C14H15NOS2/c1-9-6-7-13(18-9)10(2)15-14(16)11-4-3-5-12(17)8-11/h3-8,10,17H,1-2H3,(H,15,16). The van der Waals surface area contributed by atoms with E-state index in [2.05, 4.69) is 37.0 Å². The van der Waals surface area contributed by atoms with Gasteiger partial charge in [-0.1, -0.05) is 6.07 Å². The Balaban J connectivity index is 2.08. The van der Waals surface area contributed by atoms with Gasteiger partial charge in [0.15, 0.2) is 0 Å². The van der Waals surface area contributed by atoms with E-state index in [-0.39, 0.29) is 11.9 Å². The average molecular weight is 277 g/mol. The van der Waals surface area contributed by atoms with Gasteiger partial charge in [-0.2, -0.15) is 0 Å². The van der Waals surface area contributed by atoms with Gasteiger partial charge in [-0.25, -0.2) is 0 Å². The summed E-state index contributed by atoms with van der Waals surface area (Å²) < 4.78 is 0. The Hall–Kier alpha value is -1.26. The normalized spacial score (nSPS) is 12.2. The molecule has 2 rings (SSSR count). The Labute approximate surface area is 116 Å². The number of hydrogen-bond acceptors (Lipinski definition) is 3. The summed E-state index contributed by atoms with van der Waals surface area (Å²) in [4.78, 5) is 15.3. The topological polar surface area (TPSA) is 29.1 Å². The molecule has 0 fully saturated rings. The lowest BCUT2D eigenvalue weighted by Crippen LogP contribution is -2.26. The molecular weight excluding hydrogens is 262 g/mol. The van der Waals surface area contributed by atoms with Crippen molar-refractivity contribution in [3.63, 3.8) is 0 Å². The van der Waals surface area contributed by atoms with Gasteiger partial charge in [0.25, 0.3) is 5.91 Å². The van der Waals surface area contributed by atoms with Crippen LogP contribution in [0.3, 0.4) is 0 Å². The van der Waals surface area contributed by atoms with Crippen LogP contribution in [-0.2, 0) is 0 Å². The van der Waals surface area contributed by atoms with E-state index in [4.69, 9.17) is 0 Å². The van der Waals surface area contributed by atoms with Gasteiger partial charge in [0, 0.05) is 20.2 Å². The first-order chi connectivity index (χ1) is 8.56. The molecule has 1 unspecified atom stereocenters. The number of thiol groups is 1. The zero-order chi connectivity index (χ0) is 13.1. The largest absolute Gasteiger partial charge is 0.345 e. The second-order valence-electron chi connectivity index (χ2n) is 4.19. The molecule has 0 bridgehead atoms. The van der Waals surface area contributed by atoms with Crippen LogP contribution in [0, 0.1) is 6.92 Å². The highest BCUT2D eigenvalue weighted by Crippen LogP contribution is 2.22. The summed E-state index contributed by atoms with van der Waals surface area (Å²) >= 11 is 5.94. The predicted octanol–water partition coefficient (Wildman–Crippen LogP) is 3.84. The minimum atomic E-state index is -0.0653. The molecule has 2 nitrogen and oxygen atoms in total. The smallest absolute Gasteiger partial charge is 0.251 e. The van der Waals surface area contributed by atoms with Crippen molar-refractivity contribution in [2.75, 3.05) is 0 Å². The lowest BCUT2D eigenvalue weighted by Gasteiger charge is -2.12. The van der Waals surface area contributed by atoms with Gasteiger partial charge in [0.1, 0.15) is 0 Å². The summed E-state index contributed by atoms with van der Waals surface area (Å²) in [5.41, 5.74) is 0.641. The first kappa shape index (κ1) is 13.2. The molecule has 18 heavy (non-hydrogen) atoms. The second kappa shape index (κ2) is 5.59. The summed E-state index contributed by atoms with van der Waals surface area (Å²) in [6.07, 6.45) is 0. The van der Waals surface area contributed by atoms with Gasteiger partial charge >= 0.3 is 0 Å². The summed E-state index contributed by atoms with van der Waals surface area (Å²) in [6.45, 7) is 4.06. The Kier molecular flexibility index (Phi) is 4.09. The summed E-state index contributed by atoms with van der Waals surface area (Å²) in [5, 5.41) is 2.99. The maximum atomic E-state index is 12.0. The van der Waals surface area contributed by atoms with Crippen molar-refractivity contribution in [3.8, 4) is 0 Å². The highest BCUT2D eigenvalue weighted by Gasteiger charge is 2.12. The van der Waals surface area contributed by atoms with E-state index in [0.717, 1.165) is 4.90 Å². The molecule has 1 aromatic carbocycles. The Morgan fingerprint density at radius 2 is 2.11 bits per heavy atom. The molecule has 0 aliphatic heterocycles. The lowest BCUT2D eigenvalue weighted by molar-refractivity contribution is 0.0940. The maximum Gasteiger partial charge on any atom is 0.251 e. The Bertz CT molecular complexity index is 562. The van der Waals surface area contributed by atoms with Crippen molar-refractivity contribution >= 4 is 29.9 Å². The van der Waals surface area contributed by atoms with Crippen molar-refractivity contribution in [3.05, 3.63) is 51.7 Å². The second-order valence-corrected chi connectivity index (χ2v) is 6.03. The third kappa shape index (κ3) is 3.15. The SMILES string of the molecule is Cc1ccc(C(C)NC(=O)c2cccc(S)c2)s1. The van der Waals surface area contributed by atoms with Crippen LogP contribution in [-0.4, -0.2) is 5.91 Å². The van der Waals surface area contributed by atoms with Gasteiger partial charge in [0.2, 0.25) is 0 Å². The summed E-state index contributed by atoms with van der Waals surface area (Å²) in [7, 11) is 0. The number of nitrogens with one attached hydrogen (secondary N) is 1.